The van der Waals surface area contributed by atoms with E-state index in [4.69, 9.17) is 4.74 Å². The SMILES string of the molecule is CCOC(CN1CCN(CCC(O)c2ccc(F)cc2)CC1)c1ccccc1. The highest BCUT2D eigenvalue weighted by molar-refractivity contribution is 5.19. The van der Waals surface area contributed by atoms with Crippen molar-refractivity contribution in [3.8, 4) is 0 Å². The molecule has 2 atom stereocenters. The van der Waals surface area contributed by atoms with Crippen LogP contribution in [0.2, 0.25) is 0 Å². The maximum Gasteiger partial charge on any atom is 0.123 e. The molecule has 28 heavy (non-hydrogen) atoms. The number of ether oxygens (including phenoxy) is 1. The monoisotopic (exact) mass is 386 g/mol. The molecule has 0 bridgehead atoms. The number of benzene rings is 2. The van der Waals surface area contributed by atoms with Crippen molar-refractivity contribution in [3.63, 3.8) is 0 Å². The van der Waals surface area contributed by atoms with Gasteiger partial charge in [-0.2, -0.15) is 0 Å². The fourth-order valence-corrected chi connectivity index (χ4v) is 3.71. The lowest BCUT2D eigenvalue weighted by molar-refractivity contribution is 0.0167. The summed E-state index contributed by atoms with van der Waals surface area (Å²) in [7, 11) is 0. The van der Waals surface area contributed by atoms with Crippen molar-refractivity contribution in [1.82, 2.24) is 9.80 Å². The Labute approximate surface area is 167 Å². The number of aliphatic hydroxyl groups is 1. The standard InChI is InChI=1S/C23H31FN2O2/c1-2-28-23(20-6-4-3-5-7-20)18-26-16-14-25(15-17-26)13-12-22(27)19-8-10-21(24)11-9-19/h3-11,22-23,27H,2,12-18H2,1H3. The normalized spacial score (nSPS) is 18.1. The van der Waals surface area contributed by atoms with Gasteiger partial charge in [0.1, 0.15) is 5.82 Å². The van der Waals surface area contributed by atoms with Crippen LogP contribution < -0.4 is 0 Å². The third-order valence-electron chi connectivity index (χ3n) is 5.40. The number of aliphatic hydroxyl groups excluding tert-OH is 1. The molecule has 0 saturated carbocycles. The minimum absolute atomic E-state index is 0.109. The Morgan fingerprint density at radius 2 is 1.57 bits per heavy atom. The first-order valence-electron chi connectivity index (χ1n) is 10.2. The van der Waals surface area contributed by atoms with Gasteiger partial charge in [-0.3, -0.25) is 4.90 Å². The van der Waals surface area contributed by atoms with E-state index in [-0.39, 0.29) is 11.9 Å². The van der Waals surface area contributed by atoms with Crippen molar-refractivity contribution in [3.05, 3.63) is 71.5 Å². The Kier molecular flexibility index (Phi) is 7.98. The molecule has 0 spiro atoms. The second-order valence-electron chi connectivity index (χ2n) is 7.35. The number of nitrogens with zero attached hydrogens (tertiary/aromatic N) is 2. The summed E-state index contributed by atoms with van der Waals surface area (Å²) in [6.45, 7) is 8.49. The molecule has 3 rings (SSSR count). The van der Waals surface area contributed by atoms with Gasteiger partial charge >= 0.3 is 0 Å². The van der Waals surface area contributed by atoms with E-state index in [1.54, 1.807) is 12.1 Å². The van der Waals surface area contributed by atoms with E-state index in [1.165, 1.54) is 17.7 Å². The van der Waals surface area contributed by atoms with Crippen molar-refractivity contribution in [1.29, 1.82) is 0 Å². The van der Waals surface area contributed by atoms with E-state index in [1.807, 2.05) is 13.0 Å². The molecular weight excluding hydrogens is 355 g/mol. The Hall–Kier alpha value is -1.79. The van der Waals surface area contributed by atoms with E-state index in [0.717, 1.165) is 44.8 Å². The summed E-state index contributed by atoms with van der Waals surface area (Å²) in [5, 5.41) is 10.3. The van der Waals surface area contributed by atoms with Crippen LogP contribution in [0, 0.1) is 5.82 Å². The largest absolute Gasteiger partial charge is 0.388 e. The van der Waals surface area contributed by atoms with Gasteiger partial charge in [0.2, 0.25) is 0 Å². The zero-order valence-electron chi connectivity index (χ0n) is 16.6. The van der Waals surface area contributed by atoms with Crippen LogP contribution in [0.3, 0.4) is 0 Å². The summed E-state index contributed by atoms with van der Waals surface area (Å²) in [6.07, 6.45) is 0.231. The predicted molar refractivity (Wildman–Crippen MR) is 110 cm³/mol. The molecular formula is C23H31FN2O2. The first kappa shape index (κ1) is 20.9. The smallest absolute Gasteiger partial charge is 0.123 e. The number of piperazine rings is 1. The molecule has 0 amide bonds. The summed E-state index contributed by atoms with van der Waals surface area (Å²) >= 11 is 0. The molecule has 1 aliphatic heterocycles. The van der Waals surface area contributed by atoms with Gasteiger partial charge in [0, 0.05) is 45.9 Å². The summed E-state index contributed by atoms with van der Waals surface area (Å²) in [5.41, 5.74) is 2.01. The topological polar surface area (TPSA) is 35.9 Å². The Bertz CT molecular complexity index is 688. The zero-order valence-corrected chi connectivity index (χ0v) is 16.6. The van der Waals surface area contributed by atoms with Gasteiger partial charge in [-0.05, 0) is 36.6 Å². The molecule has 1 aliphatic rings. The first-order chi connectivity index (χ1) is 13.7. The summed E-state index contributed by atoms with van der Waals surface area (Å²) in [4.78, 5) is 4.85. The molecule has 2 aromatic carbocycles. The molecule has 1 N–H and O–H groups in total. The van der Waals surface area contributed by atoms with Gasteiger partial charge in [0.05, 0.1) is 12.2 Å². The summed E-state index contributed by atoms with van der Waals surface area (Å²) in [6, 6.07) is 16.5. The number of hydrogen-bond acceptors (Lipinski definition) is 4. The van der Waals surface area contributed by atoms with E-state index in [2.05, 4.69) is 34.1 Å². The molecule has 0 aromatic heterocycles. The number of halogens is 1. The van der Waals surface area contributed by atoms with Crippen LogP contribution in [0.25, 0.3) is 0 Å². The van der Waals surface area contributed by atoms with Gasteiger partial charge in [0.15, 0.2) is 0 Å². The van der Waals surface area contributed by atoms with Crippen LogP contribution in [-0.4, -0.2) is 60.8 Å². The minimum Gasteiger partial charge on any atom is -0.388 e. The average molecular weight is 387 g/mol. The maximum atomic E-state index is 13.0. The zero-order chi connectivity index (χ0) is 19.8. The van der Waals surface area contributed by atoms with Crippen molar-refractivity contribution in [2.45, 2.75) is 25.6 Å². The summed E-state index contributed by atoms with van der Waals surface area (Å²) in [5.74, 6) is -0.270. The number of hydrogen-bond donors (Lipinski definition) is 1. The first-order valence-corrected chi connectivity index (χ1v) is 10.2. The van der Waals surface area contributed by atoms with Crippen molar-refractivity contribution in [2.75, 3.05) is 45.9 Å². The third-order valence-corrected chi connectivity index (χ3v) is 5.40. The van der Waals surface area contributed by atoms with Crippen molar-refractivity contribution >= 4 is 0 Å². The fraction of sp³-hybridized carbons (Fsp3) is 0.478. The Balaban J connectivity index is 1.43. The van der Waals surface area contributed by atoms with Crippen LogP contribution in [0.15, 0.2) is 54.6 Å². The molecule has 1 saturated heterocycles. The van der Waals surface area contributed by atoms with Gasteiger partial charge in [0.25, 0.3) is 0 Å². The lowest BCUT2D eigenvalue weighted by Crippen LogP contribution is -2.48. The maximum absolute atomic E-state index is 13.0. The molecule has 5 heteroatoms. The summed E-state index contributed by atoms with van der Waals surface area (Å²) < 4.78 is 19.0. The Morgan fingerprint density at radius 3 is 2.21 bits per heavy atom. The van der Waals surface area contributed by atoms with Crippen LogP contribution in [0.1, 0.15) is 36.7 Å². The molecule has 1 heterocycles. The van der Waals surface area contributed by atoms with E-state index >= 15 is 0 Å². The fourth-order valence-electron chi connectivity index (χ4n) is 3.71. The van der Waals surface area contributed by atoms with Gasteiger partial charge in [-0.1, -0.05) is 42.5 Å². The molecule has 2 aromatic rings. The number of rotatable bonds is 9. The van der Waals surface area contributed by atoms with Crippen molar-refractivity contribution < 1.29 is 14.2 Å². The third kappa shape index (κ3) is 6.11. The molecule has 2 unspecified atom stereocenters. The highest BCUT2D eigenvalue weighted by atomic mass is 19.1. The van der Waals surface area contributed by atoms with Crippen LogP contribution in [0.5, 0.6) is 0 Å². The second-order valence-corrected chi connectivity index (χ2v) is 7.35. The molecule has 152 valence electrons. The van der Waals surface area contributed by atoms with Crippen LogP contribution >= 0.6 is 0 Å². The van der Waals surface area contributed by atoms with Gasteiger partial charge < -0.3 is 14.7 Å². The van der Waals surface area contributed by atoms with E-state index < -0.39 is 6.10 Å². The minimum atomic E-state index is -0.543. The highest BCUT2D eigenvalue weighted by Crippen LogP contribution is 2.21. The van der Waals surface area contributed by atoms with Gasteiger partial charge in [-0.15, -0.1) is 0 Å². The average Bonchev–Trinajstić information content (AvgIpc) is 2.74. The van der Waals surface area contributed by atoms with E-state index in [9.17, 15) is 9.50 Å². The van der Waals surface area contributed by atoms with E-state index in [0.29, 0.717) is 13.0 Å². The predicted octanol–water partition coefficient (Wildman–Crippen LogP) is 3.64. The quantitative estimate of drug-likeness (QED) is 0.714. The lowest BCUT2D eigenvalue weighted by atomic mass is 10.1. The van der Waals surface area contributed by atoms with Crippen LogP contribution in [-0.2, 0) is 4.74 Å². The highest BCUT2D eigenvalue weighted by Gasteiger charge is 2.22. The molecule has 0 radical (unpaired) electrons. The Morgan fingerprint density at radius 1 is 0.929 bits per heavy atom. The van der Waals surface area contributed by atoms with Gasteiger partial charge in [-0.25, -0.2) is 4.39 Å². The second kappa shape index (κ2) is 10.7. The molecule has 4 nitrogen and oxygen atoms in total. The lowest BCUT2D eigenvalue weighted by Gasteiger charge is -2.36. The van der Waals surface area contributed by atoms with Crippen LogP contribution in [0.4, 0.5) is 4.39 Å². The van der Waals surface area contributed by atoms with Crippen molar-refractivity contribution in [2.24, 2.45) is 0 Å². The molecule has 0 aliphatic carbocycles. The molecule has 1 fully saturated rings.